The largest absolute Gasteiger partial charge is 0.305 e. The highest BCUT2D eigenvalue weighted by molar-refractivity contribution is 8.00. The number of rotatable bonds is 5. The topological polar surface area (TPSA) is 98.9 Å². The molecule has 9 heteroatoms. The Balaban J connectivity index is 1.55. The third kappa shape index (κ3) is 4.48. The Bertz CT molecular complexity index is 794. The molecule has 0 aromatic carbocycles. The van der Waals surface area contributed by atoms with E-state index in [-0.39, 0.29) is 11.7 Å². The zero-order valence-corrected chi connectivity index (χ0v) is 14.8. The number of carbonyl (C=O) groups is 1. The maximum Gasteiger partial charge on any atom is 0.305 e. The van der Waals surface area contributed by atoms with Gasteiger partial charge in [-0.05, 0) is 38.3 Å². The molecule has 0 spiro atoms. The molecular weight excluding hydrogens is 340 g/mol. The first-order valence-electron chi connectivity index (χ1n) is 8.10. The molecule has 3 heterocycles. The number of nitriles is 1. The van der Waals surface area contributed by atoms with Gasteiger partial charge < -0.3 is 0 Å². The molecule has 1 aliphatic heterocycles. The predicted octanol–water partition coefficient (Wildman–Crippen LogP) is 1.39. The van der Waals surface area contributed by atoms with Crippen LogP contribution in [0.25, 0.3) is 0 Å². The van der Waals surface area contributed by atoms with E-state index in [9.17, 15) is 4.79 Å². The van der Waals surface area contributed by atoms with Gasteiger partial charge in [0.25, 0.3) is 6.20 Å². The molecule has 1 fully saturated rings. The molecule has 25 heavy (non-hydrogen) atoms. The molecule has 0 atom stereocenters. The number of hydrogen-bond donors (Lipinski definition) is 1. The average molecular weight is 359 g/mol. The SMILES string of the molecule is Cc1ccc(C#N)c(SCC(=O)Nc2c[n+](N3CCCCC3)no2)n1. The van der Waals surface area contributed by atoms with E-state index in [0.717, 1.165) is 31.6 Å². The van der Waals surface area contributed by atoms with E-state index < -0.39 is 0 Å². The molecule has 1 amide bonds. The van der Waals surface area contributed by atoms with Crippen LogP contribution in [0.4, 0.5) is 5.88 Å². The fourth-order valence-corrected chi connectivity index (χ4v) is 3.36. The Morgan fingerprint density at radius 2 is 2.24 bits per heavy atom. The second-order valence-electron chi connectivity index (χ2n) is 5.75. The Hall–Kier alpha value is -2.60. The molecule has 2 aromatic rings. The van der Waals surface area contributed by atoms with Crippen LogP contribution in [0.2, 0.25) is 0 Å². The summed E-state index contributed by atoms with van der Waals surface area (Å²) in [6.07, 6.45) is 5.15. The molecular formula is C16H19N6O2S+. The summed E-state index contributed by atoms with van der Waals surface area (Å²) in [5.41, 5.74) is 1.27. The second-order valence-corrected chi connectivity index (χ2v) is 6.72. The summed E-state index contributed by atoms with van der Waals surface area (Å²) in [7, 11) is 0. The van der Waals surface area contributed by atoms with Crippen LogP contribution in [-0.4, -0.2) is 35.0 Å². The first-order chi connectivity index (χ1) is 12.2. The first kappa shape index (κ1) is 17.2. The lowest BCUT2D eigenvalue weighted by molar-refractivity contribution is -0.759. The molecule has 0 saturated carbocycles. The van der Waals surface area contributed by atoms with Gasteiger partial charge in [-0.3, -0.25) is 14.6 Å². The molecule has 0 bridgehead atoms. The summed E-state index contributed by atoms with van der Waals surface area (Å²) in [5, 5.41) is 18.4. The number of piperidine rings is 1. The predicted molar refractivity (Wildman–Crippen MR) is 91.5 cm³/mol. The quantitative estimate of drug-likeness (QED) is 0.636. The van der Waals surface area contributed by atoms with Crippen LogP contribution in [0.1, 0.15) is 30.5 Å². The molecule has 1 N–H and O–H groups in total. The van der Waals surface area contributed by atoms with Crippen LogP contribution >= 0.6 is 11.8 Å². The number of amides is 1. The lowest BCUT2D eigenvalue weighted by Crippen LogP contribution is -2.60. The van der Waals surface area contributed by atoms with E-state index in [1.165, 1.54) is 18.2 Å². The van der Waals surface area contributed by atoms with Gasteiger partial charge in [0.2, 0.25) is 11.2 Å². The van der Waals surface area contributed by atoms with Gasteiger partial charge in [0.1, 0.15) is 11.1 Å². The molecule has 0 aliphatic carbocycles. The highest BCUT2D eigenvalue weighted by atomic mass is 32.2. The smallest absolute Gasteiger partial charge is 0.288 e. The first-order valence-corrected chi connectivity index (χ1v) is 9.08. The van der Waals surface area contributed by atoms with E-state index in [2.05, 4.69) is 26.7 Å². The van der Waals surface area contributed by atoms with Crippen LogP contribution in [0, 0.1) is 18.3 Å². The number of pyridine rings is 1. The van der Waals surface area contributed by atoms with Gasteiger partial charge in [-0.2, -0.15) is 10.3 Å². The standard InChI is InChI=1S/C16H18N6O2S/c1-12-5-6-13(9-17)16(18-12)25-11-14(23)19-15-10-22(20-24-15)21-7-3-2-4-8-21/h5-6,10H,2-4,7-8,11H2,1H3/p+1. The molecule has 3 rings (SSSR count). The number of carbonyl (C=O) groups excluding carboxylic acids is 1. The van der Waals surface area contributed by atoms with Gasteiger partial charge in [0.05, 0.1) is 29.2 Å². The molecule has 2 aromatic heterocycles. The summed E-state index contributed by atoms with van der Waals surface area (Å²) in [5.74, 6) is 0.197. The fraction of sp³-hybridized carbons (Fsp3) is 0.438. The summed E-state index contributed by atoms with van der Waals surface area (Å²) in [6, 6.07) is 5.57. The Kier molecular flexibility index (Phi) is 5.50. The lowest BCUT2D eigenvalue weighted by Gasteiger charge is -2.17. The van der Waals surface area contributed by atoms with Gasteiger partial charge in [0, 0.05) is 5.69 Å². The molecule has 1 aliphatic rings. The highest BCUT2D eigenvalue weighted by Gasteiger charge is 2.23. The van der Waals surface area contributed by atoms with Gasteiger partial charge in [0.15, 0.2) is 0 Å². The van der Waals surface area contributed by atoms with Crippen LogP contribution in [0.15, 0.2) is 27.9 Å². The summed E-state index contributed by atoms with van der Waals surface area (Å²) in [6.45, 7) is 3.70. The number of nitrogens with zero attached hydrogens (tertiary/aromatic N) is 5. The van der Waals surface area contributed by atoms with Crippen LogP contribution in [-0.2, 0) is 4.79 Å². The summed E-state index contributed by atoms with van der Waals surface area (Å²) < 4.78 is 5.17. The average Bonchev–Trinajstić information content (AvgIpc) is 3.09. The van der Waals surface area contributed by atoms with Crippen molar-refractivity contribution in [1.29, 1.82) is 5.26 Å². The minimum absolute atomic E-state index is 0.134. The maximum atomic E-state index is 12.1. The normalized spacial score (nSPS) is 14.2. The lowest BCUT2D eigenvalue weighted by atomic mass is 10.2. The van der Waals surface area contributed by atoms with Crippen molar-refractivity contribution in [2.24, 2.45) is 0 Å². The number of hydrogen-bond acceptors (Lipinski definition) is 7. The minimum atomic E-state index is -0.237. The monoisotopic (exact) mass is 359 g/mol. The zero-order valence-electron chi connectivity index (χ0n) is 13.9. The van der Waals surface area contributed by atoms with E-state index in [0.29, 0.717) is 16.5 Å². The molecule has 130 valence electrons. The Morgan fingerprint density at radius 1 is 1.44 bits per heavy atom. The molecule has 1 saturated heterocycles. The molecule has 0 radical (unpaired) electrons. The van der Waals surface area contributed by atoms with Gasteiger partial charge in [-0.25, -0.2) is 4.98 Å². The number of anilines is 1. The fourth-order valence-electron chi connectivity index (χ4n) is 2.54. The molecule has 8 nitrogen and oxygen atoms in total. The van der Waals surface area contributed by atoms with Crippen molar-refractivity contribution in [2.45, 2.75) is 31.2 Å². The number of nitrogens with one attached hydrogen (secondary N) is 1. The number of thioether (sulfide) groups is 1. The van der Waals surface area contributed by atoms with Crippen LogP contribution in [0.3, 0.4) is 0 Å². The van der Waals surface area contributed by atoms with Gasteiger partial charge >= 0.3 is 5.88 Å². The third-order valence-corrected chi connectivity index (χ3v) is 4.79. The summed E-state index contributed by atoms with van der Waals surface area (Å²) >= 11 is 1.22. The number of aryl methyl sites for hydroxylation is 1. The second kappa shape index (κ2) is 7.98. The van der Waals surface area contributed by atoms with E-state index in [1.807, 2.05) is 6.92 Å². The van der Waals surface area contributed by atoms with Crippen molar-refractivity contribution in [3.63, 3.8) is 0 Å². The number of aromatic nitrogens is 3. The highest BCUT2D eigenvalue weighted by Crippen LogP contribution is 2.20. The zero-order chi connectivity index (χ0) is 17.6. The van der Waals surface area contributed by atoms with Crippen molar-refractivity contribution in [2.75, 3.05) is 29.2 Å². The van der Waals surface area contributed by atoms with E-state index >= 15 is 0 Å². The van der Waals surface area contributed by atoms with Gasteiger partial charge in [-0.1, -0.05) is 11.8 Å². The van der Waals surface area contributed by atoms with Crippen molar-refractivity contribution in [1.82, 2.24) is 10.3 Å². The summed E-state index contributed by atoms with van der Waals surface area (Å²) in [4.78, 5) is 18.0. The third-order valence-electron chi connectivity index (χ3n) is 3.80. The van der Waals surface area contributed by atoms with Crippen LogP contribution < -0.4 is 15.1 Å². The van der Waals surface area contributed by atoms with Crippen LogP contribution in [0.5, 0.6) is 0 Å². The van der Waals surface area contributed by atoms with Crippen molar-refractivity contribution in [3.8, 4) is 6.07 Å². The van der Waals surface area contributed by atoms with Crippen molar-refractivity contribution in [3.05, 3.63) is 29.6 Å². The Labute approximate surface area is 149 Å². The Morgan fingerprint density at radius 3 is 3.00 bits per heavy atom. The molecule has 0 unspecified atom stereocenters. The van der Waals surface area contributed by atoms with Crippen molar-refractivity contribution >= 4 is 23.6 Å². The minimum Gasteiger partial charge on any atom is -0.288 e. The maximum absolute atomic E-state index is 12.1. The van der Waals surface area contributed by atoms with E-state index in [1.54, 1.807) is 23.1 Å². The van der Waals surface area contributed by atoms with Crippen molar-refractivity contribution < 1.29 is 14.1 Å². The van der Waals surface area contributed by atoms with Gasteiger partial charge in [-0.15, -0.1) is 0 Å². The van der Waals surface area contributed by atoms with E-state index in [4.69, 9.17) is 9.78 Å².